The summed E-state index contributed by atoms with van der Waals surface area (Å²) in [4.78, 5) is 42.9. The number of benzene rings is 1. The third-order valence-electron chi connectivity index (χ3n) is 4.66. The van der Waals surface area contributed by atoms with Gasteiger partial charge in [0.25, 0.3) is 11.8 Å². The predicted molar refractivity (Wildman–Crippen MR) is 118 cm³/mol. The van der Waals surface area contributed by atoms with E-state index in [1.807, 2.05) is 31.2 Å². The van der Waals surface area contributed by atoms with E-state index >= 15 is 0 Å². The number of aryl methyl sites for hydroxylation is 1. The van der Waals surface area contributed by atoms with Crippen LogP contribution in [0.3, 0.4) is 0 Å². The smallest absolute Gasteiger partial charge is 0.324 e. The van der Waals surface area contributed by atoms with Gasteiger partial charge in [0.05, 0.1) is 28.7 Å². The van der Waals surface area contributed by atoms with Crippen molar-refractivity contribution in [2.75, 3.05) is 31.6 Å². The third kappa shape index (κ3) is 4.63. The van der Waals surface area contributed by atoms with E-state index in [0.29, 0.717) is 36.9 Å². The second-order valence-electron chi connectivity index (χ2n) is 6.82. The Morgan fingerprint density at radius 3 is 2.48 bits per heavy atom. The summed E-state index contributed by atoms with van der Waals surface area (Å²) in [6.07, 6.45) is 0. The van der Waals surface area contributed by atoms with Gasteiger partial charge in [0.1, 0.15) is 4.88 Å². The number of anilines is 1. The average molecular weight is 459 g/mol. The molecule has 0 unspecified atom stereocenters. The molecule has 0 spiro atoms. The van der Waals surface area contributed by atoms with Gasteiger partial charge in [-0.2, -0.15) is 0 Å². The zero-order valence-electron chi connectivity index (χ0n) is 16.5. The van der Waals surface area contributed by atoms with Gasteiger partial charge in [0.15, 0.2) is 5.13 Å². The molecule has 0 saturated carbocycles. The van der Waals surface area contributed by atoms with Crippen LogP contribution in [-0.2, 0) is 4.74 Å². The Hall–Kier alpha value is -3.15. The number of rotatable bonds is 5. The lowest BCUT2D eigenvalue weighted by Crippen LogP contribution is -2.40. The number of amides is 2. The fourth-order valence-electron chi connectivity index (χ4n) is 3.04. The van der Waals surface area contributed by atoms with Crippen LogP contribution in [-0.4, -0.2) is 52.9 Å². The number of thiophene rings is 1. The first kappa shape index (κ1) is 21.1. The Kier molecular flexibility index (Phi) is 6.07. The second kappa shape index (κ2) is 8.92. The molecule has 2 aromatic heterocycles. The molecule has 1 N–H and O–H groups in total. The van der Waals surface area contributed by atoms with E-state index < -0.39 is 10.8 Å². The summed E-state index contributed by atoms with van der Waals surface area (Å²) in [6.45, 7) is 3.90. The van der Waals surface area contributed by atoms with E-state index in [9.17, 15) is 19.7 Å². The van der Waals surface area contributed by atoms with Crippen LogP contribution in [0, 0.1) is 17.0 Å². The quantitative estimate of drug-likeness (QED) is 0.459. The van der Waals surface area contributed by atoms with Crippen LogP contribution in [0.2, 0.25) is 0 Å². The molecule has 4 rings (SSSR count). The largest absolute Gasteiger partial charge is 0.378 e. The molecule has 1 aliphatic rings. The van der Waals surface area contributed by atoms with Crippen molar-refractivity contribution in [3.8, 4) is 11.3 Å². The lowest BCUT2D eigenvalue weighted by atomic mass is 10.1. The molecule has 3 heterocycles. The highest BCUT2D eigenvalue weighted by Crippen LogP contribution is 2.33. The molecular weight excluding hydrogens is 440 g/mol. The van der Waals surface area contributed by atoms with Gasteiger partial charge in [-0.1, -0.05) is 52.5 Å². The van der Waals surface area contributed by atoms with Crippen LogP contribution in [0.25, 0.3) is 11.3 Å². The summed E-state index contributed by atoms with van der Waals surface area (Å²) >= 11 is 1.88. The van der Waals surface area contributed by atoms with Gasteiger partial charge in [-0.05, 0) is 13.0 Å². The van der Waals surface area contributed by atoms with Crippen molar-refractivity contribution in [3.05, 3.63) is 61.8 Å². The highest BCUT2D eigenvalue weighted by Gasteiger charge is 2.26. The van der Waals surface area contributed by atoms with Gasteiger partial charge in [-0.15, -0.1) is 0 Å². The van der Waals surface area contributed by atoms with Gasteiger partial charge in [-0.3, -0.25) is 25.0 Å². The molecule has 2 amide bonds. The normalized spacial score (nSPS) is 13.8. The lowest BCUT2D eigenvalue weighted by molar-refractivity contribution is -0.380. The van der Waals surface area contributed by atoms with Crippen molar-refractivity contribution in [3.63, 3.8) is 0 Å². The number of ether oxygens (including phenoxy) is 1. The number of hydrogen-bond donors (Lipinski definition) is 1. The average Bonchev–Trinajstić information content (AvgIpc) is 3.42. The molecule has 0 radical (unpaired) electrons. The van der Waals surface area contributed by atoms with Crippen molar-refractivity contribution in [1.82, 2.24) is 9.88 Å². The monoisotopic (exact) mass is 458 g/mol. The zero-order chi connectivity index (χ0) is 22.0. The molecule has 160 valence electrons. The first-order valence-electron chi connectivity index (χ1n) is 9.43. The van der Waals surface area contributed by atoms with Gasteiger partial charge in [0.2, 0.25) is 0 Å². The first-order chi connectivity index (χ1) is 14.9. The molecular formula is C20H18N4O5S2. The third-order valence-corrected chi connectivity index (χ3v) is 6.66. The maximum absolute atomic E-state index is 13.2. The number of nitrogens with zero attached hydrogens (tertiary/aromatic N) is 3. The lowest BCUT2D eigenvalue weighted by Gasteiger charge is -2.26. The predicted octanol–water partition coefficient (Wildman–Crippen LogP) is 3.81. The van der Waals surface area contributed by atoms with Crippen LogP contribution >= 0.6 is 22.7 Å². The van der Waals surface area contributed by atoms with Gasteiger partial charge in [0, 0.05) is 24.7 Å². The minimum atomic E-state index is -0.542. The number of hydrogen-bond acceptors (Lipinski definition) is 8. The molecule has 0 atom stereocenters. The minimum absolute atomic E-state index is 0.118. The van der Waals surface area contributed by atoms with Crippen molar-refractivity contribution < 1.29 is 19.2 Å². The summed E-state index contributed by atoms with van der Waals surface area (Å²) in [5, 5.41) is 13.7. The van der Waals surface area contributed by atoms with Gasteiger partial charge in [-0.25, -0.2) is 4.98 Å². The molecule has 1 aromatic carbocycles. The topological polar surface area (TPSA) is 115 Å². The van der Waals surface area contributed by atoms with Crippen LogP contribution < -0.4 is 5.32 Å². The van der Waals surface area contributed by atoms with Crippen LogP contribution in [0.15, 0.2) is 36.4 Å². The molecule has 11 heteroatoms. The molecule has 0 aliphatic carbocycles. The minimum Gasteiger partial charge on any atom is -0.378 e. The molecule has 3 aromatic rings. The maximum atomic E-state index is 13.2. The Bertz CT molecular complexity index is 1130. The Morgan fingerprint density at radius 1 is 1.13 bits per heavy atom. The summed E-state index contributed by atoms with van der Waals surface area (Å²) < 4.78 is 5.33. The number of nitro groups is 1. The summed E-state index contributed by atoms with van der Waals surface area (Å²) in [6, 6.07) is 10.3. The highest BCUT2D eigenvalue weighted by atomic mass is 32.1. The summed E-state index contributed by atoms with van der Waals surface area (Å²) in [5.74, 6) is -0.670. The van der Waals surface area contributed by atoms with E-state index in [1.54, 1.807) is 4.90 Å². The molecule has 1 saturated heterocycles. The number of thiazole rings is 1. The highest BCUT2D eigenvalue weighted by molar-refractivity contribution is 7.19. The SMILES string of the molecule is Cc1ccc(-c2nc(NC(=O)c3ccc([N+](=O)[O-])s3)sc2C(=O)N2CCOCC2)cc1. The number of carbonyl (C=O) groups is 2. The molecule has 31 heavy (non-hydrogen) atoms. The summed E-state index contributed by atoms with van der Waals surface area (Å²) in [7, 11) is 0. The van der Waals surface area contributed by atoms with E-state index in [0.717, 1.165) is 33.8 Å². The Labute approximate surface area is 185 Å². The standard InChI is InChI=1S/C20H18N4O5S2/c1-12-2-4-13(5-3-12)16-17(19(26)23-8-10-29-11-9-23)31-20(21-16)22-18(25)14-6-7-15(30-14)24(27)28/h2-7H,8-11H2,1H3,(H,21,22,25). The van der Waals surface area contributed by atoms with Crippen molar-refractivity contribution in [1.29, 1.82) is 0 Å². The zero-order valence-corrected chi connectivity index (χ0v) is 18.1. The molecule has 0 bridgehead atoms. The summed E-state index contributed by atoms with van der Waals surface area (Å²) in [5.41, 5.74) is 2.34. The Morgan fingerprint density at radius 2 is 1.84 bits per heavy atom. The van der Waals surface area contributed by atoms with Crippen LogP contribution in [0.4, 0.5) is 10.1 Å². The molecule has 1 fully saturated rings. The number of nitrogens with one attached hydrogen (secondary N) is 1. The van der Waals surface area contributed by atoms with E-state index in [2.05, 4.69) is 10.3 Å². The molecule has 1 aliphatic heterocycles. The van der Waals surface area contributed by atoms with Crippen molar-refractivity contribution >= 4 is 44.6 Å². The van der Waals surface area contributed by atoms with E-state index in [-0.39, 0.29) is 20.9 Å². The fourth-order valence-corrected chi connectivity index (χ4v) is 4.71. The van der Waals surface area contributed by atoms with Crippen LogP contribution in [0.5, 0.6) is 0 Å². The second-order valence-corrected chi connectivity index (χ2v) is 8.88. The Balaban J connectivity index is 1.65. The van der Waals surface area contributed by atoms with E-state index in [1.165, 1.54) is 12.1 Å². The van der Waals surface area contributed by atoms with E-state index in [4.69, 9.17) is 4.74 Å². The van der Waals surface area contributed by atoms with Crippen molar-refractivity contribution in [2.24, 2.45) is 0 Å². The molecule has 9 nitrogen and oxygen atoms in total. The number of morpholine rings is 1. The first-order valence-corrected chi connectivity index (χ1v) is 11.1. The fraction of sp³-hybridized carbons (Fsp3) is 0.250. The van der Waals surface area contributed by atoms with Gasteiger partial charge >= 0.3 is 5.00 Å². The van der Waals surface area contributed by atoms with Crippen molar-refractivity contribution in [2.45, 2.75) is 6.92 Å². The number of carbonyl (C=O) groups excluding carboxylic acids is 2. The maximum Gasteiger partial charge on any atom is 0.324 e. The van der Waals surface area contributed by atoms with Gasteiger partial charge < -0.3 is 9.64 Å². The number of aromatic nitrogens is 1. The van der Waals surface area contributed by atoms with Crippen LogP contribution in [0.1, 0.15) is 24.9 Å².